The molecule has 0 fully saturated rings. The van der Waals surface area contributed by atoms with E-state index in [4.69, 9.17) is 4.74 Å². The summed E-state index contributed by atoms with van der Waals surface area (Å²) < 4.78 is 5.79. The van der Waals surface area contributed by atoms with Gasteiger partial charge in [0.15, 0.2) is 0 Å². The molecule has 28 heavy (non-hydrogen) atoms. The van der Waals surface area contributed by atoms with Gasteiger partial charge in [0.05, 0.1) is 11.6 Å². The standard InChI is InChI=1S/C24H26N2O2/c1-2-8-23(24(27)26-17-19-9-4-3-5-10-19)20-12-14-22(15-13-20)28-18-21-11-6-7-16-25-21/h3-7,9-16,23H,2,8,17-18H2,1H3,(H,26,27). The lowest BCUT2D eigenvalue weighted by molar-refractivity contribution is -0.122. The summed E-state index contributed by atoms with van der Waals surface area (Å²) in [5, 5.41) is 3.07. The van der Waals surface area contributed by atoms with Gasteiger partial charge in [-0.2, -0.15) is 0 Å². The average Bonchev–Trinajstić information content (AvgIpc) is 2.76. The molecule has 0 bridgehead atoms. The highest BCUT2D eigenvalue weighted by molar-refractivity contribution is 5.83. The van der Waals surface area contributed by atoms with Crippen LogP contribution >= 0.6 is 0 Å². The van der Waals surface area contributed by atoms with Crippen molar-refractivity contribution in [2.24, 2.45) is 0 Å². The number of hydrogen-bond donors (Lipinski definition) is 1. The fraction of sp³-hybridized carbons (Fsp3) is 0.250. The third-order valence-electron chi connectivity index (χ3n) is 4.60. The summed E-state index contributed by atoms with van der Waals surface area (Å²) in [6.07, 6.45) is 3.52. The van der Waals surface area contributed by atoms with Crippen molar-refractivity contribution >= 4 is 5.91 Å². The van der Waals surface area contributed by atoms with E-state index in [9.17, 15) is 4.79 Å². The van der Waals surface area contributed by atoms with E-state index >= 15 is 0 Å². The molecular formula is C24H26N2O2. The fourth-order valence-corrected chi connectivity index (χ4v) is 3.08. The fourth-order valence-electron chi connectivity index (χ4n) is 3.08. The first-order chi connectivity index (χ1) is 13.8. The number of carbonyl (C=O) groups excluding carboxylic acids is 1. The zero-order valence-electron chi connectivity index (χ0n) is 16.2. The maximum Gasteiger partial charge on any atom is 0.227 e. The van der Waals surface area contributed by atoms with E-state index < -0.39 is 0 Å². The number of nitrogens with zero attached hydrogens (tertiary/aromatic N) is 1. The first-order valence-corrected chi connectivity index (χ1v) is 9.70. The lowest BCUT2D eigenvalue weighted by Gasteiger charge is -2.17. The van der Waals surface area contributed by atoms with Gasteiger partial charge in [0.2, 0.25) is 5.91 Å². The van der Waals surface area contributed by atoms with Crippen LogP contribution in [0, 0.1) is 0 Å². The molecule has 4 nitrogen and oxygen atoms in total. The Morgan fingerprint density at radius 1 is 1.00 bits per heavy atom. The van der Waals surface area contributed by atoms with Crippen LogP contribution in [-0.2, 0) is 17.9 Å². The summed E-state index contributed by atoms with van der Waals surface area (Å²) >= 11 is 0. The second kappa shape index (κ2) is 10.3. The third-order valence-corrected chi connectivity index (χ3v) is 4.60. The molecule has 1 aromatic heterocycles. The van der Waals surface area contributed by atoms with Crippen LogP contribution in [-0.4, -0.2) is 10.9 Å². The topological polar surface area (TPSA) is 51.2 Å². The Morgan fingerprint density at radius 3 is 2.43 bits per heavy atom. The Hall–Kier alpha value is -3.14. The molecular weight excluding hydrogens is 348 g/mol. The van der Waals surface area contributed by atoms with Crippen LogP contribution in [0.15, 0.2) is 79.0 Å². The van der Waals surface area contributed by atoms with Gasteiger partial charge < -0.3 is 10.1 Å². The van der Waals surface area contributed by atoms with E-state index in [1.165, 1.54) is 0 Å². The molecule has 1 atom stereocenters. The Kier molecular flexibility index (Phi) is 7.19. The Morgan fingerprint density at radius 2 is 1.75 bits per heavy atom. The molecule has 4 heteroatoms. The molecule has 0 radical (unpaired) electrons. The molecule has 0 spiro atoms. The number of ether oxygens (including phenoxy) is 1. The number of nitrogens with one attached hydrogen (secondary N) is 1. The van der Waals surface area contributed by atoms with Crippen molar-refractivity contribution in [3.63, 3.8) is 0 Å². The van der Waals surface area contributed by atoms with Crippen molar-refractivity contribution < 1.29 is 9.53 Å². The van der Waals surface area contributed by atoms with Gasteiger partial charge in [0.1, 0.15) is 12.4 Å². The predicted octanol–water partition coefficient (Wildman–Crippen LogP) is 4.86. The van der Waals surface area contributed by atoms with Crippen LogP contribution in [0.5, 0.6) is 5.75 Å². The van der Waals surface area contributed by atoms with Crippen molar-refractivity contribution in [1.82, 2.24) is 10.3 Å². The number of benzene rings is 2. The highest BCUT2D eigenvalue weighted by Gasteiger charge is 2.19. The summed E-state index contributed by atoms with van der Waals surface area (Å²) in [7, 11) is 0. The number of aromatic nitrogens is 1. The van der Waals surface area contributed by atoms with E-state index in [2.05, 4.69) is 17.2 Å². The van der Waals surface area contributed by atoms with Crippen molar-refractivity contribution in [2.75, 3.05) is 0 Å². The van der Waals surface area contributed by atoms with Crippen molar-refractivity contribution in [1.29, 1.82) is 0 Å². The first kappa shape index (κ1) is 19.6. The third kappa shape index (κ3) is 5.68. The largest absolute Gasteiger partial charge is 0.487 e. The van der Waals surface area contributed by atoms with Crippen LogP contribution in [0.25, 0.3) is 0 Å². The Labute approximate surface area is 166 Å². The maximum absolute atomic E-state index is 12.8. The molecule has 144 valence electrons. The second-order valence-electron chi connectivity index (χ2n) is 6.72. The van der Waals surface area contributed by atoms with Gasteiger partial charge in [-0.1, -0.05) is 61.9 Å². The molecule has 1 heterocycles. The van der Waals surface area contributed by atoms with Crippen molar-refractivity contribution in [2.45, 2.75) is 38.8 Å². The van der Waals surface area contributed by atoms with Gasteiger partial charge in [-0.15, -0.1) is 0 Å². The number of pyridine rings is 1. The Bertz CT molecular complexity index is 849. The number of hydrogen-bond acceptors (Lipinski definition) is 3. The van der Waals surface area contributed by atoms with E-state index in [0.29, 0.717) is 13.2 Å². The molecule has 0 aliphatic carbocycles. The van der Waals surface area contributed by atoms with Crippen LogP contribution in [0.2, 0.25) is 0 Å². The predicted molar refractivity (Wildman–Crippen MR) is 111 cm³/mol. The molecule has 1 amide bonds. The van der Waals surface area contributed by atoms with Crippen molar-refractivity contribution in [3.05, 3.63) is 95.8 Å². The lowest BCUT2D eigenvalue weighted by atomic mass is 9.93. The maximum atomic E-state index is 12.8. The number of carbonyl (C=O) groups is 1. The molecule has 1 N–H and O–H groups in total. The molecule has 1 unspecified atom stereocenters. The molecule has 0 aliphatic heterocycles. The summed E-state index contributed by atoms with van der Waals surface area (Å²) in [5.74, 6) is 0.681. The lowest BCUT2D eigenvalue weighted by Crippen LogP contribution is -2.29. The van der Waals surface area contributed by atoms with Gasteiger partial charge >= 0.3 is 0 Å². The highest BCUT2D eigenvalue weighted by Crippen LogP contribution is 2.24. The molecule has 0 aliphatic rings. The van der Waals surface area contributed by atoms with E-state index in [-0.39, 0.29) is 11.8 Å². The van der Waals surface area contributed by atoms with Gasteiger partial charge in [-0.25, -0.2) is 0 Å². The summed E-state index contributed by atoms with van der Waals surface area (Å²) in [4.78, 5) is 17.0. The van der Waals surface area contributed by atoms with E-state index in [1.807, 2.05) is 72.8 Å². The van der Waals surface area contributed by atoms with E-state index in [0.717, 1.165) is 35.4 Å². The van der Waals surface area contributed by atoms with Crippen LogP contribution in [0.1, 0.15) is 42.5 Å². The SMILES string of the molecule is CCCC(C(=O)NCc1ccccc1)c1ccc(OCc2ccccn2)cc1. The zero-order chi connectivity index (χ0) is 19.6. The van der Waals surface area contributed by atoms with Crippen LogP contribution in [0.4, 0.5) is 0 Å². The zero-order valence-corrected chi connectivity index (χ0v) is 16.2. The summed E-state index contributed by atoms with van der Waals surface area (Å²) in [6, 6.07) is 23.5. The normalized spacial score (nSPS) is 11.6. The minimum absolute atomic E-state index is 0.0628. The molecule has 2 aromatic carbocycles. The average molecular weight is 374 g/mol. The van der Waals surface area contributed by atoms with Crippen LogP contribution < -0.4 is 10.1 Å². The van der Waals surface area contributed by atoms with Crippen LogP contribution in [0.3, 0.4) is 0 Å². The van der Waals surface area contributed by atoms with Crippen molar-refractivity contribution in [3.8, 4) is 5.75 Å². The van der Waals surface area contributed by atoms with Gasteiger partial charge in [0.25, 0.3) is 0 Å². The van der Waals surface area contributed by atoms with Gasteiger partial charge in [0, 0.05) is 12.7 Å². The molecule has 3 aromatic rings. The number of rotatable bonds is 9. The Balaban J connectivity index is 1.60. The first-order valence-electron chi connectivity index (χ1n) is 9.70. The second-order valence-corrected chi connectivity index (χ2v) is 6.72. The summed E-state index contributed by atoms with van der Waals surface area (Å²) in [5.41, 5.74) is 3.00. The smallest absolute Gasteiger partial charge is 0.227 e. The molecule has 3 rings (SSSR count). The monoisotopic (exact) mass is 374 g/mol. The number of amides is 1. The highest BCUT2D eigenvalue weighted by atomic mass is 16.5. The van der Waals surface area contributed by atoms with Gasteiger partial charge in [-0.3, -0.25) is 9.78 Å². The molecule has 0 saturated carbocycles. The minimum Gasteiger partial charge on any atom is -0.487 e. The minimum atomic E-state index is -0.154. The summed E-state index contributed by atoms with van der Waals surface area (Å²) in [6.45, 7) is 3.07. The van der Waals surface area contributed by atoms with Gasteiger partial charge in [-0.05, 0) is 41.8 Å². The molecule has 0 saturated heterocycles. The quantitative estimate of drug-likeness (QED) is 0.582. The van der Waals surface area contributed by atoms with E-state index in [1.54, 1.807) is 6.20 Å².